The summed E-state index contributed by atoms with van der Waals surface area (Å²) in [5.74, 6) is 1.24. The van der Waals surface area contributed by atoms with Crippen LogP contribution in [0.3, 0.4) is 0 Å². The summed E-state index contributed by atoms with van der Waals surface area (Å²) in [5, 5.41) is 2.89. The molecule has 4 nitrogen and oxygen atoms in total. The summed E-state index contributed by atoms with van der Waals surface area (Å²) in [6.45, 7) is 0.745. The van der Waals surface area contributed by atoms with Crippen molar-refractivity contribution in [3.8, 4) is 0 Å². The molecule has 1 N–H and O–H groups in total. The van der Waals surface area contributed by atoms with Crippen molar-refractivity contribution in [2.75, 3.05) is 22.5 Å². The highest BCUT2D eigenvalue weighted by Crippen LogP contribution is 2.26. The number of rotatable bonds is 6. The largest absolute Gasteiger partial charge is 0.325 e. The van der Waals surface area contributed by atoms with Crippen LogP contribution >= 0.6 is 34.7 Å². The molecule has 0 aliphatic carbocycles. The summed E-state index contributed by atoms with van der Waals surface area (Å²) in [7, 11) is 0. The van der Waals surface area contributed by atoms with Gasteiger partial charge in [0.05, 0.1) is 10.1 Å². The first-order valence-corrected chi connectivity index (χ1v) is 9.99. The maximum atomic E-state index is 12.1. The van der Waals surface area contributed by atoms with Crippen LogP contribution in [0.15, 0.2) is 36.4 Å². The number of amides is 2. The molecule has 2 heterocycles. The fourth-order valence-corrected chi connectivity index (χ4v) is 4.57. The Bertz CT molecular complexity index is 748. The van der Waals surface area contributed by atoms with Gasteiger partial charge < -0.3 is 10.2 Å². The average Bonchev–Trinajstić information content (AvgIpc) is 3.16. The topological polar surface area (TPSA) is 49.4 Å². The maximum Gasteiger partial charge on any atom is 0.234 e. The van der Waals surface area contributed by atoms with E-state index in [1.807, 2.05) is 36.4 Å². The second kappa shape index (κ2) is 8.05. The Kier molecular flexibility index (Phi) is 5.81. The predicted octanol–water partition coefficient (Wildman–Crippen LogP) is 4.40. The standard InChI is InChI=1S/C17H17ClN2O2S2/c18-15-7-6-14(24-15)10-23-11-16(21)19-12-3-1-4-13(9-12)20-8-2-5-17(20)22/h1,3-4,6-7,9H,2,5,8,10-11H2,(H,19,21). The van der Waals surface area contributed by atoms with E-state index in [1.165, 1.54) is 11.3 Å². The first kappa shape index (κ1) is 17.3. The number of nitrogens with one attached hydrogen (secondary N) is 1. The monoisotopic (exact) mass is 380 g/mol. The molecule has 1 aliphatic heterocycles. The number of halogens is 1. The van der Waals surface area contributed by atoms with Crippen LogP contribution in [0, 0.1) is 0 Å². The van der Waals surface area contributed by atoms with Crippen molar-refractivity contribution in [3.05, 3.63) is 45.6 Å². The van der Waals surface area contributed by atoms with E-state index in [9.17, 15) is 9.59 Å². The molecule has 1 saturated heterocycles. The van der Waals surface area contributed by atoms with Crippen LogP contribution in [0.2, 0.25) is 4.34 Å². The third-order valence-electron chi connectivity index (χ3n) is 3.62. The average molecular weight is 381 g/mol. The Balaban J connectivity index is 1.51. The van der Waals surface area contributed by atoms with E-state index in [2.05, 4.69) is 5.32 Å². The highest BCUT2D eigenvalue weighted by atomic mass is 35.5. The zero-order chi connectivity index (χ0) is 16.9. The summed E-state index contributed by atoms with van der Waals surface area (Å²) in [4.78, 5) is 26.8. The van der Waals surface area contributed by atoms with Crippen LogP contribution in [0.1, 0.15) is 17.7 Å². The highest BCUT2D eigenvalue weighted by molar-refractivity contribution is 7.99. The number of thioether (sulfide) groups is 1. The van der Waals surface area contributed by atoms with Gasteiger partial charge in [0.1, 0.15) is 0 Å². The molecule has 0 spiro atoms. The van der Waals surface area contributed by atoms with Crippen LogP contribution < -0.4 is 10.2 Å². The number of nitrogens with zero attached hydrogens (tertiary/aromatic N) is 1. The lowest BCUT2D eigenvalue weighted by molar-refractivity contribution is -0.117. The number of benzene rings is 1. The lowest BCUT2D eigenvalue weighted by Gasteiger charge is -2.16. The zero-order valence-electron chi connectivity index (χ0n) is 13.0. The molecule has 2 amide bonds. The van der Waals surface area contributed by atoms with E-state index < -0.39 is 0 Å². The van der Waals surface area contributed by atoms with Crippen LogP contribution in [0.5, 0.6) is 0 Å². The van der Waals surface area contributed by atoms with Gasteiger partial charge in [0.15, 0.2) is 0 Å². The quantitative estimate of drug-likeness (QED) is 0.807. The molecule has 1 aromatic heterocycles. The molecule has 24 heavy (non-hydrogen) atoms. The minimum Gasteiger partial charge on any atom is -0.325 e. The number of carbonyl (C=O) groups excluding carboxylic acids is 2. The molecule has 0 bridgehead atoms. The summed E-state index contributed by atoms with van der Waals surface area (Å²) < 4.78 is 0.767. The van der Waals surface area contributed by atoms with Gasteiger partial charge in [-0.15, -0.1) is 23.1 Å². The van der Waals surface area contributed by atoms with Crippen LogP contribution in [0.4, 0.5) is 11.4 Å². The smallest absolute Gasteiger partial charge is 0.234 e. The first-order chi connectivity index (χ1) is 11.6. The molecule has 1 aromatic carbocycles. The Morgan fingerprint density at radius 2 is 2.21 bits per heavy atom. The van der Waals surface area contributed by atoms with Gasteiger partial charge in [0.2, 0.25) is 11.8 Å². The first-order valence-electron chi connectivity index (χ1n) is 7.64. The van der Waals surface area contributed by atoms with E-state index in [0.29, 0.717) is 12.2 Å². The maximum absolute atomic E-state index is 12.1. The van der Waals surface area contributed by atoms with Crippen LogP contribution in [-0.4, -0.2) is 24.1 Å². The highest BCUT2D eigenvalue weighted by Gasteiger charge is 2.21. The van der Waals surface area contributed by atoms with Gasteiger partial charge in [-0.25, -0.2) is 0 Å². The van der Waals surface area contributed by atoms with Gasteiger partial charge in [-0.1, -0.05) is 17.7 Å². The summed E-state index contributed by atoms with van der Waals surface area (Å²) in [6, 6.07) is 11.3. The zero-order valence-corrected chi connectivity index (χ0v) is 15.3. The van der Waals surface area contributed by atoms with Gasteiger partial charge in [0.25, 0.3) is 0 Å². The van der Waals surface area contributed by atoms with Gasteiger partial charge >= 0.3 is 0 Å². The SMILES string of the molecule is O=C(CSCc1ccc(Cl)s1)Nc1cccc(N2CCCC2=O)c1. The van der Waals surface area contributed by atoms with Gasteiger partial charge in [-0.2, -0.15) is 0 Å². The van der Waals surface area contributed by atoms with Gasteiger partial charge in [-0.3, -0.25) is 9.59 Å². The molecule has 1 fully saturated rings. The van der Waals surface area contributed by atoms with Crippen molar-refractivity contribution in [1.82, 2.24) is 0 Å². The molecular formula is C17H17ClN2O2S2. The Hall–Kier alpha value is -1.50. The van der Waals surface area contributed by atoms with Crippen molar-refractivity contribution in [3.63, 3.8) is 0 Å². The molecule has 1 aliphatic rings. The molecule has 3 rings (SSSR count). The lowest BCUT2D eigenvalue weighted by Crippen LogP contribution is -2.23. The minimum absolute atomic E-state index is 0.0486. The summed E-state index contributed by atoms with van der Waals surface area (Å²) in [5.41, 5.74) is 1.56. The van der Waals surface area contributed by atoms with Crippen LogP contribution in [-0.2, 0) is 15.3 Å². The Labute approximate surface area is 154 Å². The van der Waals surface area contributed by atoms with Crippen LogP contribution in [0.25, 0.3) is 0 Å². The molecule has 0 saturated carbocycles. The van der Waals surface area contributed by atoms with Crippen molar-refractivity contribution >= 4 is 57.9 Å². The molecule has 2 aromatic rings. The van der Waals surface area contributed by atoms with Crippen molar-refractivity contribution in [2.24, 2.45) is 0 Å². The number of carbonyl (C=O) groups is 2. The van der Waals surface area contributed by atoms with E-state index in [0.717, 1.165) is 39.3 Å². The molecule has 0 unspecified atom stereocenters. The molecule has 126 valence electrons. The third kappa shape index (κ3) is 4.53. The summed E-state index contributed by atoms with van der Waals surface area (Å²) >= 11 is 8.98. The van der Waals surface area contributed by atoms with Crippen molar-refractivity contribution in [2.45, 2.75) is 18.6 Å². The number of hydrogen-bond donors (Lipinski definition) is 1. The van der Waals surface area contributed by atoms with Gasteiger partial charge in [-0.05, 0) is 36.8 Å². The second-order valence-electron chi connectivity index (χ2n) is 5.45. The molecule has 0 radical (unpaired) electrons. The molecule has 0 atom stereocenters. The second-order valence-corrected chi connectivity index (χ2v) is 8.23. The number of hydrogen-bond acceptors (Lipinski definition) is 4. The van der Waals surface area contributed by atoms with E-state index in [4.69, 9.17) is 11.6 Å². The minimum atomic E-state index is -0.0486. The van der Waals surface area contributed by atoms with E-state index in [-0.39, 0.29) is 11.8 Å². The third-order valence-corrected chi connectivity index (χ3v) is 6.02. The van der Waals surface area contributed by atoms with Gasteiger partial charge in [0, 0.05) is 35.0 Å². The fraction of sp³-hybridized carbons (Fsp3) is 0.294. The molecule has 7 heteroatoms. The Morgan fingerprint density at radius 1 is 1.33 bits per heavy atom. The fourth-order valence-electron chi connectivity index (χ4n) is 2.54. The predicted molar refractivity (Wildman–Crippen MR) is 102 cm³/mol. The summed E-state index contributed by atoms with van der Waals surface area (Å²) in [6.07, 6.45) is 1.48. The number of thiophene rings is 1. The molecular weight excluding hydrogens is 364 g/mol. The lowest BCUT2D eigenvalue weighted by atomic mass is 10.2. The normalized spacial score (nSPS) is 14.2. The van der Waals surface area contributed by atoms with Crippen molar-refractivity contribution in [1.29, 1.82) is 0 Å². The Morgan fingerprint density at radius 3 is 2.92 bits per heavy atom. The van der Waals surface area contributed by atoms with Crippen molar-refractivity contribution < 1.29 is 9.59 Å². The van der Waals surface area contributed by atoms with E-state index >= 15 is 0 Å². The number of anilines is 2. The van der Waals surface area contributed by atoms with E-state index in [1.54, 1.807) is 16.7 Å².